The quantitative estimate of drug-likeness (QED) is 0.876. The van der Waals surface area contributed by atoms with E-state index >= 15 is 0 Å². The maximum absolute atomic E-state index is 11.9. The normalized spacial score (nSPS) is 17.6. The van der Waals surface area contributed by atoms with Crippen molar-refractivity contribution in [1.82, 2.24) is 0 Å². The molecule has 1 heterocycles. The molecule has 0 saturated carbocycles. The highest BCUT2D eigenvalue weighted by Crippen LogP contribution is 2.39. The predicted octanol–water partition coefficient (Wildman–Crippen LogP) is 3.10. The van der Waals surface area contributed by atoms with Crippen molar-refractivity contribution >= 4 is 28.2 Å². The van der Waals surface area contributed by atoms with E-state index < -0.39 is 5.91 Å². The van der Waals surface area contributed by atoms with E-state index in [0.29, 0.717) is 22.9 Å². The van der Waals surface area contributed by atoms with Gasteiger partial charge in [-0.2, -0.15) is 0 Å². The number of hydrogen-bond acceptors (Lipinski definition) is 3. The van der Waals surface area contributed by atoms with Gasteiger partial charge >= 0.3 is 0 Å². The molecule has 0 saturated heterocycles. The topological polar surface area (TPSA) is 72.2 Å². The Morgan fingerprint density at radius 1 is 1.45 bits per heavy atom. The Labute approximate surface area is 123 Å². The number of nitrogens with two attached hydrogens (primary N) is 1. The van der Waals surface area contributed by atoms with Crippen LogP contribution in [0.2, 0.25) is 0 Å². The highest BCUT2D eigenvalue weighted by Gasteiger charge is 2.27. The number of fused-ring (bicyclic) bond motifs is 1. The number of rotatable bonds is 5. The Hall–Kier alpha value is -1.36. The smallest absolute Gasteiger partial charge is 0.251 e. The summed E-state index contributed by atoms with van der Waals surface area (Å²) < 4.78 is 0. The number of amides is 2. The van der Waals surface area contributed by atoms with Crippen LogP contribution < -0.4 is 11.1 Å². The van der Waals surface area contributed by atoms with Gasteiger partial charge in [-0.05, 0) is 37.2 Å². The van der Waals surface area contributed by atoms with Crippen LogP contribution in [0.25, 0.3) is 0 Å². The molecule has 4 nitrogen and oxygen atoms in total. The standard InChI is InChI=1S/C15H22N2O2S/c1-3-4-5-12(18)17-15-13(14(16)19)10-8-9(2)6-7-11(10)20-15/h9H,3-8H2,1-2H3,(H2,16,19)(H,17,18)/t9-/m1/s1. The molecule has 0 bridgehead atoms. The molecule has 3 N–H and O–H groups in total. The number of thiophene rings is 1. The fraction of sp³-hybridized carbons (Fsp3) is 0.600. The van der Waals surface area contributed by atoms with Crippen molar-refractivity contribution in [2.45, 2.75) is 52.4 Å². The summed E-state index contributed by atoms with van der Waals surface area (Å²) in [7, 11) is 0. The third-order valence-electron chi connectivity index (χ3n) is 3.76. The summed E-state index contributed by atoms with van der Waals surface area (Å²) in [6.45, 7) is 4.23. The van der Waals surface area contributed by atoms with E-state index in [-0.39, 0.29) is 5.91 Å². The lowest BCUT2D eigenvalue weighted by atomic mass is 9.87. The van der Waals surface area contributed by atoms with Gasteiger partial charge in [0, 0.05) is 11.3 Å². The summed E-state index contributed by atoms with van der Waals surface area (Å²) in [6, 6.07) is 0. The second-order valence-electron chi connectivity index (χ2n) is 5.57. The van der Waals surface area contributed by atoms with Crippen molar-refractivity contribution < 1.29 is 9.59 Å². The fourth-order valence-corrected chi connectivity index (χ4v) is 3.90. The van der Waals surface area contributed by atoms with Crippen LogP contribution in [0.1, 0.15) is 60.3 Å². The van der Waals surface area contributed by atoms with Gasteiger partial charge in [0.1, 0.15) is 5.00 Å². The number of anilines is 1. The average Bonchev–Trinajstić information content (AvgIpc) is 2.73. The zero-order chi connectivity index (χ0) is 14.7. The Kier molecular flexibility index (Phi) is 4.81. The largest absolute Gasteiger partial charge is 0.365 e. The summed E-state index contributed by atoms with van der Waals surface area (Å²) in [5.41, 5.74) is 7.13. The molecular weight excluding hydrogens is 272 g/mol. The number of aryl methyl sites for hydroxylation is 1. The highest BCUT2D eigenvalue weighted by molar-refractivity contribution is 7.17. The first-order valence-corrected chi connectivity index (χ1v) is 8.08. The Morgan fingerprint density at radius 3 is 2.85 bits per heavy atom. The summed E-state index contributed by atoms with van der Waals surface area (Å²) in [6.07, 6.45) is 5.33. The van der Waals surface area contributed by atoms with Crippen molar-refractivity contribution in [2.75, 3.05) is 5.32 Å². The molecule has 2 amide bonds. The van der Waals surface area contributed by atoms with Crippen LogP contribution in [0.15, 0.2) is 0 Å². The lowest BCUT2D eigenvalue weighted by Crippen LogP contribution is -2.19. The molecule has 1 aliphatic rings. The van der Waals surface area contributed by atoms with Crippen LogP contribution in [-0.2, 0) is 17.6 Å². The first-order chi connectivity index (χ1) is 9.52. The summed E-state index contributed by atoms with van der Waals surface area (Å²) in [5, 5.41) is 3.53. The summed E-state index contributed by atoms with van der Waals surface area (Å²) >= 11 is 1.52. The van der Waals surface area contributed by atoms with Gasteiger partial charge in [-0.25, -0.2) is 0 Å². The van der Waals surface area contributed by atoms with Gasteiger partial charge < -0.3 is 11.1 Å². The van der Waals surface area contributed by atoms with Gasteiger partial charge in [-0.15, -0.1) is 11.3 Å². The number of unbranched alkanes of at least 4 members (excludes halogenated alkanes) is 1. The van der Waals surface area contributed by atoms with Crippen LogP contribution in [0.3, 0.4) is 0 Å². The maximum Gasteiger partial charge on any atom is 0.251 e. The van der Waals surface area contributed by atoms with E-state index in [4.69, 9.17) is 5.73 Å². The van der Waals surface area contributed by atoms with Crippen LogP contribution in [0.4, 0.5) is 5.00 Å². The van der Waals surface area contributed by atoms with E-state index in [0.717, 1.165) is 37.7 Å². The molecule has 0 fully saturated rings. The molecule has 5 heteroatoms. The van der Waals surface area contributed by atoms with Gasteiger partial charge in [-0.3, -0.25) is 9.59 Å². The highest BCUT2D eigenvalue weighted by atomic mass is 32.1. The fourth-order valence-electron chi connectivity index (χ4n) is 2.63. The third kappa shape index (κ3) is 3.20. The van der Waals surface area contributed by atoms with Gasteiger partial charge in [0.05, 0.1) is 5.56 Å². The number of carbonyl (C=O) groups excluding carboxylic acids is 2. The van der Waals surface area contributed by atoms with Crippen molar-refractivity contribution in [3.05, 3.63) is 16.0 Å². The first-order valence-electron chi connectivity index (χ1n) is 7.27. The van der Waals surface area contributed by atoms with Gasteiger partial charge in [0.2, 0.25) is 5.91 Å². The second-order valence-corrected chi connectivity index (χ2v) is 6.68. The minimum absolute atomic E-state index is 0.0269. The Morgan fingerprint density at radius 2 is 2.20 bits per heavy atom. The number of primary amides is 1. The first kappa shape index (κ1) is 15.0. The number of hydrogen-bond donors (Lipinski definition) is 2. The molecule has 2 rings (SSSR count). The SMILES string of the molecule is CCCCC(=O)Nc1sc2c(c1C(N)=O)C[C@H](C)CC2. The van der Waals surface area contributed by atoms with Crippen LogP contribution >= 0.6 is 11.3 Å². The Bertz CT molecular complexity index is 522. The van der Waals surface area contributed by atoms with E-state index in [9.17, 15) is 9.59 Å². The zero-order valence-electron chi connectivity index (χ0n) is 12.1. The Balaban J connectivity index is 2.24. The van der Waals surface area contributed by atoms with E-state index in [1.807, 2.05) is 6.92 Å². The maximum atomic E-state index is 11.9. The van der Waals surface area contributed by atoms with E-state index in [1.165, 1.54) is 16.2 Å². The monoisotopic (exact) mass is 294 g/mol. The lowest BCUT2D eigenvalue weighted by molar-refractivity contribution is -0.116. The van der Waals surface area contributed by atoms with Crippen molar-refractivity contribution in [3.8, 4) is 0 Å². The van der Waals surface area contributed by atoms with E-state index in [2.05, 4.69) is 12.2 Å². The average molecular weight is 294 g/mol. The third-order valence-corrected chi connectivity index (χ3v) is 4.97. The molecule has 1 atom stereocenters. The number of carbonyl (C=O) groups is 2. The van der Waals surface area contributed by atoms with Crippen molar-refractivity contribution in [3.63, 3.8) is 0 Å². The van der Waals surface area contributed by atoms with Crippen LogP contribution in [-0.4, -0.2) is 11.8 Å². The molecule has 0 aliphatic heterocycles. The van der Waals surface area contributed by atoms with Crippen molar-refractivity contribution in [1.29, 1.82) is 0 Å². The minimum atomic E-state index is -0.428. The molecule has 0 unspecified atom stereocenters. The number of nitrogens with one attached hydrogen (secondary N) is 1. The molecule has 1 aromatic heterocycles. The van der Waals surface area contributed by atoms with Crippen LogP contribution in [0.5, 0.6) is 0 Å². The molecule has 0 spiro atoms. The predicted molar refractivity (Wildman–Crippen MR) is 82.2 cm³/mol. The molecule has 110 valence electrons. The van der Waals surface area contributed by atoms with Gasteiger partial charge in [0.25, 0.3) is 5.91 Å². The molecule has 1 aromatic rings. The van der Waals surface area contributed by atoms with E-state index in [1.54, 1.807) is 0 Å². The molecule has 1 aliphatic carbocycles. The molecular formula is C15H22N2O2S. The van der Waals surface area contributed by atoms with Crippen molar-refractivity contribution in [2.24, 2.45) is 11.7 Å². The molecule has 0 aromatic carbocycles. The molecule has 20 heavy (non-hydrogen) atoms. The molecule has 0 radical (unpaired) electrons. The summed E-state index contributed by atoms with van der Waals surface area (Å²) in [4.78, 5) is 24.8. The minimum Gasteiger partial charge on any atom is -0.365 e. The zero-order valence-corrected chi connectivity index (χ0v) is 12.9. The van der Waals surface area contributed by atoms with Gasteiger partial charge in [0.15, 0.2) is 0 Å². The lowest BCUT2D eigenvalue weighted by Gasteiger charge is -2.18. The van der Waals surface area contributed by atoms with Gasteiger partial charge in [-0.1, -0.05) is 20.3 Å². The second kappa shape index (κ2) is 6.39. The summed E-state index contributed by atoms with van der Waals surface area (Å²) in [5.74, 6) is 0.113. The van der Waals surface area contributed by atoms with Crippen LogP contribution in [0, 0.1) is 5.92 Å².